The van der Waals surface area contributed by atoms with Crippen molar-refractivity contribution in [2.45, 2.75) is 111 Å². The molecule has 3 nitrogen and oxygen atoms in total. The third-order valence-corrected chi connectivity index (χ3v) is 5.43. The predicted molar refractivity (Wildman–Crippen MR) is 121 cm³/mol. The summed E-state index contributed by atoms with van der Waals surface area (Å²) in [5.41, 5.74) is 2.62. The molecule has 0 aromatic heterocycles. The van der Waals surface area contributed by atoms with E-state index in [0.717, 1.165) is 29.9 Å². The molecule has 0 amide bonds. The zero-order valence-electron chi connectivity index (χ0n) is 18.6. The zero-order valence-corrected chi connectivity index (χ0v) is 18.6. The first kappa shape index (κ1) is 24.5. The van der Waals surface area contributed by atoms with Crippen LogP contribution in [0.2, 0.25) is 0 Å². The lowest BCUT2D eigenvalue weighted by molar-refractivity contribution is 0.301. The van der Waals surface area contributed by atoms with Crippen LogP contribution >= 0.6 is 0 Å². The van der Waals surface area contributed by atoms with Gasteiger partial charge in [0.05, 0.1) is 12.3 Å². The normalized spacial score (nSPS) is 11.8. The number of hydrogen-bond acceptors (Lipinski definition) is 3. The van der Waals surface area contributed by atoms with Crippen LogP contribution in [0.3, 0.4) is 0 Å². The summed E-state index contributed by atoms with van der Waals surface area (Å²) in [6.45, 7) is 6.84. The second-order valence-corrected chi connectivity index (χ2v) is 8.13. The van der Waals surface area contributed by atoms with Crippen molar-refractivity contribution >= 4 is 5.71 Å². The molecule has 1 aromatic carbocycles. The lowest BCUT2D eigenvalue weighted by Gasteiger charge is -2.11. The third-order valence-electron chi connectivity index (χ3n) is 5.43. The smallest absolute Gasteiger partial charge is 0.128 e. The second kappa shape index (κ2) is 16.4. The molecule has 0 bridgehead atoms. The van der Waals surface area contributed by atoms with E-state index in [2.05, 4.69) is 12.1 Å². The molecule has 3 heteroatoms. The van der Waals surface area contributed by atoms with E-state index < -0.39 is 0 Å². The van der Waals surface area contributed by atoms with E-state index in [9.17, 15) is 0 Å². The number of oxime groups is 1. The summed E-state index contributed by atoms with van der Waals surface area (Å²) in [6, 6.07) is 6.02. The number of nitrogens with zero attached hydrogens (tertiary/aromatic N) is 1. The van der Waals surface area contributed by atoms with Crippen LogP contribution in [0.5, 0.6) is 5.75 Å². The van der Waals surface area contributed by atoms with Crippen LogP contribution in [0, 0.1) is 6.92 Å². The Morgan fingerprint density at radius 3 is 1.82 bits per heavy atom. The highest BCUT2D eigenvalue weighted by atomic mass is 16.5. The molecule has 28 heavy (non-hydrogen) atoms. The molecule has 0 saturated heterocycles. The van der Waals surface area contributed by atoms with E-state index in [1.807, 2.05) is 25.1 Å². The summed E-state index contributed by atoms with van der Waals surface area (Å²) >= 11 is 0. The molecule has 0 atom stereocenters. The van der Waals surface area contributed by atoms with Crippen LogP contribution in [-0.4, -0.2) is 17.5 Å². The summed E-state index contributed by atoms with van der Waals surface area (Å²) in [4.78, 5) is 0. The van der Waals surface area contributed by atoms with Crippen molar-refractivity contribution in [1.82, 2.24) is 0 Å². The van der Waals surface area contributed by atoms with Crippen molar-refractivity contribution in [3.05, 3.63) is 29.3 Å². The first-order chi connectivity index (χ1) is 13.7. The Hall–Kier alpha value is -1.51. The van der Waals surface area contributed by atoms with Gasteiger partial charge in [0.25, 0.3) is 0 Å². The van der Waals surface area contributed by atoms with Gasteiger partial charge in [0.1, 0.15) is 5.75 Å². The van der Waals surface area contributed by atoms with E-state index in [-0.39, 0.29) is 0 Å². The Bertz CT molecular complexity index is 539. The molecule has 0 aliphatic heterocycles. The summed E-state index contributed by atoms with van der Waals surface area (Å²) in [5, 5.41) is 12.4. The molecule has 1 N–H and O–H groups in total. The predicted octanol–water partition coefficient (Wildman–Crippen LogP) is 8.05. The van der Waals surface area contributed by atoms with Crippen LogP contribution < -0.4 is 4.74 Å². The molecule has 1 rings (SSSR count). The minimum atomic E-state index is 0.597. The molecule has 0 spiro atoms. The number of aryl methyl sites for hydroxylation is 1. The Labute approximate surface area is 173 Å². The van der Waals surface area contributed by atoms with Gasteiger partial charge < -0.3 is 9.94 Å². The van der Waals surface area contributed by atoms with Crippen LogP contribution in [0.1, 0.15) is 115 Å². The first-order valence-corrected chi connectivity index (χ1v) is 11.6. The van der Waals surface area contributed by atoms with E-state index in [4.69, 9.17) is 9.94 Å². The van der Waals surface area contributed by atoms with Crippen LogP contribution in [0.4, 0.5) is 0 Å². The first-order valence-electron chi connectivity index (χ1n) is 11.6. The summed E-state index contributed by atoms with van der Waals surface area (Å²) in [6.07, 6.45) is 19.1. The van der Waals surface area contributed by atoms with Crippen molar-refractivity contribution < 1.29 is 9.94 Å². The summed E-state index contributed by atoms with van der Waals surface area (Å²) in [7, 11) is 0. The molecule has 1 aromatic rings. The molecule has 0 saturated carbocycles. The van der Waals surface area contributed by atoms with Crippen molar-refractivity contribution in [1.29, 1.82) is 0 Å². The van der Waals surface area contributed by atoms with Gasteiger partial charge in [-0.15, -0.1) is 0 Å². The molecular formula is C25H43NO2. The monoisotopic (exact) mass is 389 g/mol. The highest BCUT2D eigenvalue weighted by molar-refractivity contribution is 6.00. The molecule has 0 aliphatic carbocycles. The van der Waals surface area contributed by atoms with Gasteiger partial charge >= 0.3 is 0 Å². The minimum Gasteiger partial charge on any atom is -0.493 e. The molecule has 0 radical (unpaired) electrons. The van der Waals surface area contributed by atoms with Gasteiger partial charge in [-0.05, 0) is 32.4 Å². The molecule has 0 unspecified atom stereocenters. The topological polar surface area (TPSA) is 41.8 Å². The van der Waals surface area contributed by atoms with Crippen molar-refractivity contribution in [3.8, 4) is 5.75 Å². The number of unbranched alkanes of at least 4 members (excludes halogenated alkanes) is 13. The number of rotatable bonds is 17. The van der Waals surface area contributed by atoms with Gasteiger partial charge in [0.2, 0.25) is 0 Å². The highest BCUT2D eigenvalue weighted by Gasteiger charge is 2.07. The fourth-order valence-electron chi connectivity index (χ4n) is 3.59. The van der Waals surface area contributed by atoms with E-state index in [0.29, 0.717) is 5.71 Å². The standard InChI is InChI=1S/C25H43NO2/c1-4-5-6-7-8-9-10-11-12-13-14-15-16-17-20-28-25-19-18-22(2)21-24(25)23(3)26-27/h18-19,21,27H,4-17,20H2,1-3H3/b26-23+. The summed E-state index contributed by atoms with van der Waals surface area (Å²) in [5.74, 6) is 0.815. The Morgan fingerprint density at radius 1 is 0.821 bits per heavy atom. The van der Waals surface area contributed by atoms with Crippen molar-refractivity contribution in [3.63, 3.8) is 0 Å². The third kappa shape index (κ3) is 11.4. The number of ether oxygens (including phenoxy) is 1. The van der Waals surface area contributed by atoms with Crippen LogP contribution in [-0.2, 0) is 0 Å². The van der Waals surface area contributed by atoms with E-state index in [1.54, 1.807) is 6.92 Å². The van der Waals surface area contributed by atoms with Gasteiger partial charge in [0.15, 0.2) is 0 Å². The fraction of sp³-hybridized carbons (Fsp3) is 0.720. The van der Waals surface area contributed by atoms with Gasteiger partial charge in [0, 0.05) is 5.56 Å². The van der Waals surface area contributed by atoms with Crippen LogP contribution in [0.25, 0.3) is 0 Å². The number of hydrogen-bond donors (Lipinski definition) is 1. The Morgan fingerprint density at radius 2 is 1.32 bits per heavy atom. The van der Waals surface area contributed by atoms with E-state index >= 15 is 0 Å². The molecule has 160 valence electrons. The van der Waals surface area contributed by atoms with Gasteiger partial charge in [-0.25, -0.2) is 0 Å². The molecular weight excluding hydrogens is 346 g/mol. The Kier molecular flexibility index (Phi) is 14.4. The van der Waals surface area contributed by atoms with E-state index in [1.165, 1.54) is 83.5 Å². The molecule has 0 fully saturated rings. The minimum absolute atomic E-state index is 0.597. The maximum absolute atomic E-state index is 9.04. The Balaban J connectivity index is 1.99. The fourth-order valence-corrected chi connectivity index (χ4v) is 3.59. The van der Waals surface area contributed by atoms with Crippen molar-refractivity contribution in [2.75, 3.05) is 6.61 Å². The average Bonchev–Trinajstić information content (AvgIpc) is 2.71. The molecule has 0 aliphatic rings. The summed E-state index contributed by atoms with van der Waals surface area (Å²) < 4.78 is 5.93. The average molecular weight is 390 g/mol. The highest BCUT2D eigenvalue weighted by Crippen LogP contribution is 2.21. The van der Waals surface area contributed by atoms with Gasteiger partial charge in [-0.3, -0.25) is 0 Å². The SMILES string of the molecule is CCCCCCCCCCCCCCCCOc1ccc(C)cc1/C(C)=N/O. The lowest BCUT2D eigenvalue weighted by Crippen LogP contribution is -2.04. The number of benzene rings is 1. The quantitative estimate of drug-likeness (QED) is 0.127. The largest absolute Gasteiger partial charge is 0.493 e. The van der Waals surface area contributed by atoms with Gasteiger partial charge in [-0.1, -0.05) is 107 Å². The van der Waals surface area contributed by atoms with Gasteiger partial charge in [-0.2, -0.15) is 0 Å². The second-order valence-electron chi connectivity index (χ2n) is 8.13. The molecule has 0 heterocycles. The maximum atomic E-state index is 9.04. The van der Waals surface area contributed by atoms with Crippen molar-refractivity contribution in [2.24, 2.45) is 5.16 Å². The maximum Gasteiger partial charge on any atom is 0.128 e. The lowest BCUT2D eigenvalue weighted by atomic mass is 10.0. The van der Waals surface area contributed by atoms with Crippen LogP contribution in [0.15, 0.2) is 23.4 Å². The zero-order chi connectivity index (χ0) is 20.5.